The number of rotatable bonds is 0. The van der Waals surface area contributed by atoms with Crippen molar-refractivity contribution in [2.75, 3.05) is 0 Å². The Morgan fingerprint density at radius 3 is 2.78 bits per heavy atom. The van der Waals surface area contributed by atoms with Crippen molar-refractivity contribution in [2.24, 2.45) is 0 Å². The minimum absolute atomic E-state index is 1.18. The molecule has 0 aromatic carbocycles. The topological polar surface area (TPSA) is 0 Å². The van der Waals surface area contributed by atoms with E-state index in [0.717, 1.165) is 0 Å². The molecule has 55 valence electrons. The number of allylic oxidation sites excluding steroid dienone is 2. The van der Waals surface area contributed by atoms with Gasteiger partial charge in [0.2, 0.25) is 0 Å². The molecule has 0 heterocycles. The van der Waals surface area contributed by atoms with E-state index in [4.69, 9.17) is 15.5 Å². The van der Waals surface area contributed by atoms with Crippen LogP contribution in [0.2, 0.25) is 0 Å². The van der Waals surface area contributed by atoms with Gasteiger partial charge >= 0.3 is 64.6 Å². The Balaban J connectivity index is 2.32. The van der Waals surface area contributed by atoms with Gasteiger partial charge in [-0.15, -0.1) is 0 Å². The average molecular weight is 168 g/mol. The van der Waals surface area contributed by atoms with Crippen molar-refractivity contribution in [3.05, 3.63) is 10.6 Å². The summed E-state index contributed by atoms with van der Waals surface area (Å²) in [4.78, 5) is 0. The normalized spacial score (nSPS) is 22.2. The van der Waals surface area contributed by atoms with Crippen molar-refractivity contribution in [1.29, 1.82) is 0 Å². The molecule has 0 saturated carbocycles. The van der Waals surface area contributed by atoms with Crippen molar-refractivity contribution in [2.45, 2.75) is 38.5 Å². The van der Waals surface area contributed by atoms with Gasteiger partial charge < -0.3 is 0 Å². The molecule has 0 unspecified atom stereocenters. The maximum absolute atomic E-state index is 4.81. The number of hydrogen-bond donors (Lipinski definition) is 0. The molecule has 1 aliphatic rings. The van der Waals surface area contributed by atoms with Gasteiger partial charge in [0.05, 0.1) is 0 Å². The van der Waals surface area contributed by atoms with Crippen LogP contribution in [0, 0.1) is 0 Å². The van der Waals surface area contributed by atoms with Gasteiger partial charge in [0.1, 0.15) is 0 Å². The van der Waals surface area contributed by atoms with Crippen LogP contribution >= 0.6 is 0 Å². The van der Waals surface area contributed by atoms with Gasteiger partial charge in [-0.05, 0) is 0 Å². The van der Waals surface area contributed by atoms with E-state index in [0.29, 0.717) is 0 Å². The summed E-state index contributed by atoms with van der Waals surface area (Å²) in [6, 6.07) is 0. The Morgan fingerprint density at radius 1 is 1.11 bits per heavy atom. The first-order valence-electron chi connectivity index (χ1n) is 3.71. The van der Waals surface area contributed by atoms with Crippen molar-refractivity contribution in [3.63, 3.8) is 0 Å². The minimum atomic E-state index is 1.18. The Morgan fingerprint density at radius 2 is 1.89 bits per heavy atom. The van der Waals surface area contributed by atoms with Gasteiger partial charge in [-0.3, -0.25) is 0 Å². The van der Waals surface area contributed by atoms with Crippen LogP contribution in [0.15, 0.2) is 10.6 Å². The molecular formula is C8H13Ni. The molecule has 0 nitrogen and oxygen atoms in total. The number of hydrogen-bond acceptors (Lipinski definition) is 0. The van der Waals surface area contributed by atoms with Crippen molar-refractivity contribution >= 4 is 0 Å². The molecule has 0 spiro atoms. The van der Waals surface area contributed by atoms with Crippen LogP contribution in [0.5, 0.6) is 0 Å². The van der Waals surface area contributed by atoms with Gasteiger partial charge in [0, 0.05) is 0 Å². The first kappa shape index (κ1) is 7.34. The molecule has 0 atom stereocenters. The average Bonchev–Trinajstić information content (AvgIpc) is 1.79. The third-order valence-electron chi connectivity index (χ3n) is 1.71. The molecule has 0 N–H and O–H groups in total. The molecule has 1 rings (SSSR count). The van der Waals surface area contributed by atoms with Gasteiger partial charge in [-0.2, -0.15) is 0 Å². The van der Waals surface area contributed by atoms with Gasteiger partial charge in [-0.1, -0.05) is 0 Å². The van der Waals surface area contributed by atoms with E-state index in [2.05, 4.69) is 6.08 Å². The standard InChI is InChI=1S/C8H13.Ni/c1-2-4-6-8-7-5-3-1;/h1H,2,4-8H2;. The quantitative estimate of drug-likeness (QED) is 0.487. The van der Waals surface area contributed by atoms with Gasteiger partial charge in [0.25, 0.3) is 0 Å². The molecule has 0 amide bonds. The summed E-state index contributed by atoms with van der Waals surface area (Å²) >= 11 is 4.81. The SMILES string of the molecule is [Ni][C]1=CCCCCCC1. The third-order valence-corrected chi connectivity index (χ3v) is 2.16. The summed E-state index contributed by atoms with van der Waals surface area (Å²) in [5.74, 6) is 0. The fraction of sp³-hybridized carbons (Fsp3) is 0.750. The molecule has 0 fully saturated rings. The Bertz CT molecular complexity index is 105. The summed E-state index contributed by atoms with van der Waals surface area (Å²) in [6.07, 6.45) is 10.1. The summed E-state index contributed by atoms with van der Waals surface area (Å²) in [5, 5.41) is 0. The first-order chi connectivity index (χ1) is 4.39. The van der Waals surface area contributed by atoms with Crippen LogP contribution in [-0.4, -0.2) is 0 Å². The molecule has 0 aromatic rings. The molecule has 0 radical (unpaired) electrons. The molecular weight excluding hydrogens is 155 g/mol. The van der Waals surface area contributed by atoms with E-state index >= 15 is 0 Å². The Labute approximate surface area is 65.1 Å². The second-order valence-corrected chi connectivity index (χ2v) is 3.20. The van der Waals surface area contributed by atoms with Crippen molar-refractivity contribution in [1.82, 2.24) is 0 Å². The Kier molecular flexibility index (Phi) is 3.36. The van der Waals surface area contributed by atoms with Crippen LogP contribution in [-0.2, 0) is 15.5 Å². The van der Waals surface area contributed by atoms with Crippen LogP contribution in [0.25, 0.3) is 0 Å². The molecule has 9 heavy (non-hydrogen) atoms. The molecule has 0 aromatic heterocycles. The summed E-state index contributed by atoms with van der Waals surface area (Å²) in [5.41, 5.74) is 0. The van der Waals surface area contributed by atoms with E-state index < -0.39 is 0 Å². The fourth-order valence-corrected chi connectivity index (χ4v) is 1.45. The molecule has 1 aliphatic carbocycles. The zero-order valence-corrected chi connectivity index (χ0v) is 6.62. The third kappa shape index (κ3) is 3.05. The van der Waals surface area contributed by atoms with Crippen molar-refractivity contribution < 1.29 is 15.5 Å². The first-order valence-corrected chi connectivity index (χ1v) is 4.20. The van der Waals surface area contributed by atoms with E-state index in [9.17, 15) is 0 Å². The van der Waals surface area contributed by atoms with Crippen LogP contribution in [0.3, 0.4) is 0 Å². The zero-order chi connectivity index (χ0) is 6.53. The van der Waals surface area contributed by atoms with Crippen LogP contribution in [0.1, 0.15) is 38.5 Å². The predicted molar refractivity (Wildman–Crippen MR) is 35.8 cm³/mol. The summed E-state index contributed by atoms with van der Waals surface area (Å²) in [6.45, 7) is 0. The second-order valence-electron chi connectivity index (χ2n) is 2.56. The summed E-state index contributed by atoms with van der Waals surface area (Å²) < 4.78 is 1.23. The zero-order valence-electron chi connectivity index (χ0n) is 5.64. The molecule has 1 heteroatoms. The predicted octanol–water partition coefficient (Wildman–Crippen LogP) is 2.77. The van der Waals surface area contributed by atoms with E-state index in [1.54, 1.807) is 0 Å². The molecule has 0 bridgehead atoms. The Hall–Kier alpha value is 0.234. The van der Waals surface area contributed by atoms with Crippen LogP contribution < -0.4 is 0 Å². The van der Waals surface area contributed by atoms with Crippen molar-refractivity contribution in [3.8, 4) is 0 Å². The molecule has 0 aliphatic heterocycles. The second kappa shape index (κ2) is 4.11. The monoisotopic (exact) mass is 167 g/mol. The van der Waals surface area contributed by atoms with E-state index in [-0.39, 0.29) is 0 Å². The summed E-state index contributed by atoms with van der Waals surface area (Å²) in [7, 11) is 0. The van der Waals surface area contributed by atoms with Gasteiger partial charge in [0.15, 0.2) is 0 Å². The van der Waals surface area contributed by atoms with Crippen LogP contribution in [0.4, 0.5) is 0 Å². The van der Waals surface area contributed by atoms with E-state index in [1.807, 2.05) is 0 Å². The molecule has 0 saturated heterocycles. The fourth-order valence-electron chi connectivity index (χ4n) is 1.13. The van der Waals surface area contributed by atoms with E-state index in [1.165, 1.54) is 43.1 Å². The maximum atomic E-state index is 4.81. The van der Waals surface area contributed by atoms with Gasteiger partial charge in [-0.25, -0.2) is 0 Å².